The van der Waals surface area contributed by atoms with Crippen LogP contribution in [0.2, 0.25) is 0 Å². The van der Waals surface area contributed by atoms with Gasteiger partial charge in [-0.15, -0.1) is 0 Å². The zero-order valence-electron chi connectivity index (χ0n) is 11.4. The Bertz CT molecular complexity index is 578. The fourth-order valence-corrected chi connectivity index (χ4v) is 2.86. The number of ether oxygens (including phenoxy) is 1. The van der Waals surface area contributed by atoms with Gasteiger partial charge in [-0.3, -0.25) is 0 Å². The molecule has 0 heterocycles. The number of aryl methyl sites for hydroxylation is 1. The Kier molecular flexibility index (Phi) is 3.85. The van der Waals surface area contributed by atoms with Crippen molar-refractivity contribution in [2.75, 3.05) is 12.4 Å². The lowest BCUT2D eigenvalue weighted by molar-refractivity contribution is 0.0328. The summed E-state index contributed by atoms with van der Waals surface area (Å²) >= 11 is 0. The highest BCUT2D eigenvalue weighted by Gasteiger charge is 2.29. The van der Waals surface area contributed by atoms with Crippen molar-refractivity contribution in [3.63, 3.8) is 0 Å². The van der Waals surface area contributed by atoms with Gasteiger partial charge in [-0.1, -0.05) is 0 Å². The Labute approximate surface area is 114 Å². The van der Waals surface area contributed by atoms with E-state index >= 15 is 0 Å². The van der Waals surface area contributed by atoms with Crippen LogP contribution in [0, 0.1) is 13.8 Å². The van der Waals surface area contributed by atoms with Crippen molar-refractivity contribution in [1.29, 1.82) is 0 Å². The van der Waals surface area contributed by atoms with Crippen LogP contribution in [0.1, 0.15) is 24.0 Å². The number of nitrogens with two attached hydrogens (primary N) is 1. The number of benzene rings is 1. The van der Waals surface area contributed by atoms with Crippen LogP contribution < -0.4 is 10.5 Å². The van der Waals surface area contributed by atoms with Crippen molar-refractivity contribution in [2.45, 2.75) is 43.7 Å². The van der Waals surface area contributed by atoms with Crippen LogP contribution in [0.15, 0.2) is 17.0 Å². The number of anilines is 1. The van der Waals surface area contributed by atoms with Crippen molar-refractivity contribution in [3.8, 4) is 0 Å². The Morgan fingerprint density at radius 2 is 1.95 bits per heavy atom. The molecule has 5 nitrogen and oxygen atoms in total. The second kappa shape index (κ2) is 5.11. The SMILES string of the molecule is COC1CC(Nc2cc(S(N)(=O)=O)cc(C)c2C)C1. The average Bonchev–Trinajstić information content (AvgIpc) is 2.26. The van der Waals surface area contributed by atoms with E-state index in [-0.39, 0.29) is 4.90 Å². The van der Waals surface area contributed by atoms with E-state index < -0.39 is 10.0 Å². The van der Waals surface area contributed by atoms with Crippen LogP contribution in [-0.4, -0.2) is 27.7 Å². The molecule has 0 amide bonds. The van der Waals surface area contributed by atoms with Gasteiger partial charge in [-0.05, 0) is 49.9 Å². The van der Waals surface area contributed by atoms with Crippen LogP contribution in [0.5, 0.6) is 0 Å². The van der Waals surface area contributed by atoms with Gasteiger partial charge in [0.05, 0.1) is 11.0 Å². The van der Waals surface area contributed by atoms with Crippen LogP contribution >= 0.6 is 0 Å². The quantitative estimate of drug-likeness (QED) is 0.878. The number of methoxy groups -OCH3 is 1. The number of primary sulfonamides is 1. The first-order chi connectivity index (χ1) is 8.81. The number of sulfonamides is 1. The standard InChI is InChI=1S/C13H20N2O3S/c1-8-4-12(19(14,16)17)7-13(9(8)2)15-10-5-11(6-10)18-3/h4,7,10-11,15H,5-6H2,1-3H3,(H2,14,16,17). The van der Waals surface area contributed by atoms with Gasteiger partial charge in [0.25, 0.3) is 0 Å². The van der Waals surface area contributed by atoms with Gasteiger partial charge < -0.3 is 10.1 Å². The predicted molar refractivity (Wildman–Crippen MR) is 74.7 cm³/mol. The summed E-state index contributed by atoms with van der Waals surface area (Å²) in [4.78, 5) is 0.153. The first-order valence-electron chi connectivity index (χ1n) is 6.24. The van der Waals surface area contributed by atoms with E-state index in [1.54, 1.807) is 19.2 Å². The summed E-state index contributed by atoms with van der Waals surface area (Å²) in [5, 5.41) is 8.55. The number of hydrogen-bond donors (Lipinski definition) is 2. The van der Waals surface area contributed by atoms with Crippen molar-refractivity contribution in [3.05, 3.63) is 23.3 Å². The van der Waals surface area contributed by atoms with E-state index in [0.29, 0.717) is 12.1 Å². The maximum atomic E-state index is 11.4. The third kappa shape index (κ3) is 3.08. The van der Waals surface area contributed by atoms with Gasteiger partial charge in [0, 0.05) is 18.8 Å². The molecule has 6 heteroatoms. The molecule has 2 rings (SSSR count). The van der Waals surface area contributed by atoms with Crippen LogP contribution in [0.4, 0.5) is 5.69 Å². The van der Waals surface area contributed by atoms with E-state index in [0.717, 1.165) is 29.7 Å². The summed E-state index contributed by atoms with van der Waals surface area (Å²) in [6.45, 7) is 3.85. The highest BCUT2D eigenvalue weighted by atomic mass is 32.2. The second-order valence-electron chi connectivity index (χ2n) is 5.13. The molecule has 1 aromatic carbocycles. The highest BCUT2D eigenvalue weighted by Crippen LogP contribution is 2.30. The predicted octanol–water partition coefficient (Wildman–Crippen LogP) is 1.54. The van der Waals surface area contributed by atoms with Crippen LogP contribution in [0.3, 0.4) is 0 Å². The van der Waals surface area contributed by atoms with Crippen LogP contribution in [0.25, 0.3) is 0 Å². The number of nitrogens with one attached hydrogen (secondary N) is 1. The molecule has 1 aromatic rings. The average molecular weight is 284 g/mol. The Morgan fingerprint density at radius 3 is 2.47 bits per heavy atom. The highest BCUT2D eigenvalue weighted by molar-refractivity contribution is 7.89. The molecule has 1 aliphatic rings. The molecule has 19 heavy (non-hydrogen) atoms. The monoisotopic (exact) mass is 284 g/mol. The van der Waals surface area contributed by atoms with Gasteiger partial charge in [0.15, 0.2) is 0 Å². The Balaban J connectivity index is 2.23. The molecule has 1 aliphatic carbocycles. The van der Waals surface area contributed by atoms with Gasteiger partial charge in [-0.2, -0.15) is 0 Å². The van der Waals surface area contributed by atoms with E-state index in [1.165, 1.54) is 0 Å². The van der Waals surface area contributed by atoms with Gasteiger partial charge in [-0.25, -0.2) is 13.6 Å². The minimum Gasteiger partial charge on any atom is -0.382 e. The van der Waals surface area contributed by atoms with Gasteiger partial charge >= 0.3 is 0 Å². The van der Waals surface area contributed by atoms with E-state index in [4.69, 9.17) is 9.88 Å². The lowest BCUT2D eigenvalue weighted by Gasteiger charge is -2.35. The number of rotatable bonds is 4. The lowest BCUT2D eigenvalue weighted by atomic mass is 9.88. The molecular weight excluding hydrogens is 264 g/mol. The molecule has 0 atom stereocenters. The zero-order chi connectivity index (χ0) is 14.2. The molecule has 0 saturated heterocycles. The normalized spacial score (nSPS) is 22.9. The molecule has 0 unspecified atom stereocenters. The molecule has 1 fully saturated rings. The smallest absolute Gasteiger partial charge is 0.238 e. The molecule has 0 bridgehead atoms. The summed E-state index contributed by atoms with van der Waals surface area (Å²) in [6.07, 6.45) is 2.18. The molecule has 0 aliphatic heterocycles. The van der Waals surface area contributed by atoms with Gasteiger partial charge in [0.1, 0.15) is 0 Å². The fraction of sp³-hybridized carbons (Fsp3) is 0.538. The first kappa shape index (κ1) is 14.3. The molecule has 1 saturated carbocycles. The second-order valence-corrected chi connectivity index (χ2v) is 6.69. The third-order valence-corrected chi connectivity index (χ3v) is 4.65. The van der Waals surface area contributed by atoms with Crippen LogP contribution in [-0.2, 0) is 14.8 Å². The zero-order valence-corrected chi connectivity index (χ0v) is 12.3. The molecule has 0 spiro atoms. The fourth-order valence-electron chi connectivity index (χ4n) is 2.24. The molecule has 3 N–H and O–H groups in total. The number of hydrogen-bond acceptors (Lipinski definition) is 4. The van der Waals surface area contributed by atoms with E-state index in [2.05, 4.69) is 5.32 Å². The van der Waals surface area contributed by atoms with E-state index in [9.17, 15) is 8.42 Å². The maximum absolute atomic E-state index is 11.4. The first-order valence-corrected chi connectivity index (χ1v) is 7.79. The maximum Gasteiger partial charge on any atom is 0.238 e. The van der Waals surface area contributed by atoms with Gasteiger partial charge in [0.2, 0.25) is 10.0 Å². The molecule has 106 valence electrons. The van der Waals surface area contributed by atoms with Crippen molar-refractivity contribution < 1.29 is 13.2 Å². The Hall–Kier alpha value is -1.11. The summed E-state index contributed by atoms with van der Waals surface area (Å²) in [5.41, 5.74) is 2.80. The summed E-state index contributed by atoms with van der Waals surface area (Å²) in [7, 11) is -1.96. The summed E-state index contributed by atoms with van der Waals surface area (Å²) < 4.78 is 28.1. The summed E-state index contributed by atoms with van der Waals surface area (Å²) in [5.74, 6) is 0. The largest absolute Gasteiger partial charge is 0.382 e. The van der Waals surface area contributed by atoms with Crippen molar-refractivity contribution in [1.82, 2.24) is 0 Å². The summed E-state index contributed by atoms with van der Waals surface area (Å²) in [6, 6.07) is 3.55. The van der Waals surface area contributed by atoms with Crippen molar-refractivity contribution >= 4 is 15.7 Å². The molecular formula is C13H20N2O3S. The van der Waals surface area contributed by atoms with Crippen molar-refractivity contribution in [2.24, 2.45) is 5.14 Å². The molecule has 0 aromatic heterocycles. The lowest BCUT2D eigenvalue weighted by Crippen LogP contribution is -2.40. The minimum absolute atomic E-state index is 0.153. The van der Waals surface area contributed by atoms with E-state index in [1.807, 2.05) is 13.8 Å². The minimum atomic E-state index is -3.67. The topological polar surface area (TPSA) is 81.4 Å². The molecule has 0 radical (unpaired) electrons. The third-order valence-electron chi connectivity index (χ3n) is 3.76. The Morgan fingerprint density at radius 1 is 1.32 bits per heavy atom.